The fourth-order valence-corrected chi connectivity index (χ4v) is 9.89. The standard InChI is InChI=1S/2C10H10N4O.C9H11N5O2.C9H8N4O.C7H7N5O.C7H6N4OS.C6H11N5O.2C5H9N5O2.2C3H5N5O/c15-10(12-9-7-11-14-13-9)6-8-4-2-1-3-5-8;15-9(13-10-11-7-12-14-10)6-8-4-2-1-3-5-8;15-4-3-10-9(16)11-6-1-2-7-8(5-6)13-14-12-7;14-9(7-4-2-1-3-5-7)11-8-6-10-13-12-8;8-7(13)9-4-1-2-5-6(3-4)11-12-10-5;12-7(5-2-1-3-13-5)9-6-4-8-11-10-6;1-2-3-7-6(12)10-5-8-4-9-11-5;11-2-1-6-5(12)9-4-7-3-8-10-4;11-2-1-6-5(12)8-4-3-7-10-9-4;4-2(9)7-3-5-1-6-8-3;4-3(9)6-2-1-5-8-7-2/h2*1-5,7H,6H2,(H2,11,12,13,14,15);1-2,5,15H,3-4H2,(H2,10,11,16)(H,12,13,14);1-6H,(H2,10,11,12,13,14);1-3H,(H3,8,9,13)(H,10,11,12);1-4H,(H2,8,9,10,11,12);4H,2-3H2,1H3,(H3,7,8,9,10,11,12);2*3,11H,1-2H2,(H3,6,7,8,9,10,12);2*1H,(H4,4,5,6,7,8,9). The van der Waals surface area contributed by atoms with Crippen LogP contribution in [0.3, 0.4) is 0 Å². The Morgan fingerprint density at radius 2 is 0.671 bits per heavy atom. The zero-order chi connectivity index (χ0) is 100. The summed E-state index contributed by atoms with van der Waals surface area (Å²) in [7, 11) is 0. The number of carbonyl (C=O) groups is 11. The van der Waals surface area contributed by atoms with Gasteiger partial charge < -0.3 is 80.4 Å². The second kappa shape index (κ2) is 62.7. The number of nitrogens with two attached hydrogens (primary N) is 3. The van der Waals surface area contributed by atoms with Gasteiger partial charge in [-0.3, -0.25) is 51.1 Å². The molecule has 732 valence electrons. The molecule has 0 bridgehead atoms. The van der Waals surface area contributed by atoms with Crippen molar-refractivity contribution in [2.75, 3.05) is 104 Å². The van der Waals surface area contributed by atoms with E-state index in [4.69, 9.17) is 32.5 Å². The number of nitrogens with one attached hydrogen (secondary N) is 26. The number of amides is 18. The molecule has 12 aromatic heterocycles. The first-order chi connectivity index (χ1) is 68.0. The summed E-state index contributed by atoms with van der Waals surface area (Å²) in [4.78, 5) is 136. The molecule has 17 aromatic rings. The van der Waals surface area contributed by atoms with Gasteiger partial charge in [-0.1, -0.05) is 91.9 Å². The predicted molar refractivity (Wildman–Crippen MR) is 499 cm³/mol. The second-order valence-corrected chi connectivity index (χ2v) is 26.4. The van der Waals surface area contributed by atoms with Crippen LogP contribution in [0.5, 0.6) is 0 Å². The number of carbonyl (C=O) groups excluding carboxylic acids is 11. The molecule has 0 atom stereocenters. The van der Waals surface area contributed by atoms with Gasteiger partial charge in [0.05, 0.1) is 68.5 Å². The first-order valence-corrected chi connectivity index (χ1v) is 40.8. The van der Waals surface area contributed by atoms with Crippen molar-refractivity contribution in [2.24, 2.45) is 17.2 Å². The van der Waals surface area contributed by atoms with E-state index in [9.17, 15) is 52.7 Å². The molecule has 0 spiro atoms. The lowest BCUT2D eigenvalue weighted by atomic mass is 10.1. The first-order valence-electron chi connectivity index (χ1n) is 39.9. The van der Waals surface area contributed by atoms with Crippen LogP contribution in [0.25, 0.3) is 22.1 Å². The van der Waals surface area contributed by atoms with Crippen molar-refractivity contribution in [3.8, 4) is 0 Å². The monoisotopic (exact) mass is 1950 g/mol. The lowest BCUT2D eigenvalue weighted by molar-refractivity contribution is -0.116. The van der Waals surface area contributed by atoms with E-state index in [1.807, 2.05) is 85.1 Å². The van der Waals surface area contributed by atoms with Gasteiger partial charge in [-0.2, -0.15) is 123 Å². The van der Waals surface area contributed by atoms with Gasteiger partial charge in [0.2, 0.25) is 35.6 Å². The molecule has 0 radical (unpaired) electrons. The minimum absolute atomic E-state index is 0.0876. The third kappa shape index (κ3) is 45.4. The number of fused-ring (bicyclic) bond motifs is 2. The molecule has 0 aliphatic rings. The summed E-state index contributed by atoms with van der Waals surface area (Å²) >= 11 is 1.38. The van der Waals surface area contributed by atoms with E-state index >= 15 is 0 Å². The number of urea groups is 7. The molecule has 17 rings (SSSR count). The smallest absolute Gasteiger partial charge is 0.321 e. The Labute approximate surface area is 788 Å². The number of primary amides is 3. The summed E-state index contributed by atoms with van der Waals surface area (Å²) in [5.41, 5.74) is 21.1. The van der Waals surface area contributed by atoms with Crippen molar-refractivity contribution in [1.82, 2.24) is 190 Å². The van der Waals surface area contributed by atoms with E-state index in [0.29, 0.717) is 93.2 Å². The highest BCUT2D eigenvalue weighted by Gasteiger charge is 2.13. The number of anilines is 11. The van der Waals surface area contributed by atoms with E-state index in [-0.39, 0.29) is 87.0 Å². The van der Waals surface area contributed by atoms with Crippen molar-refractivity contribution in [3.63, 3.8) is 0 Å². The van der Waals surface area contributed by atoms with Gasteiger partial charge in [-0.05, 0) is 77.5 Å². The zero-order valence-electron chi connectivity index (χ0n) is 72.9. The number of nitrogens with zero attached hydrogens (tertiary/aromatic N) is 22. The van der Waals surface area contributed by atoms with Crippen LogP contribution in [0.2, 0.25) is 0 Å². The molecule has 0 aliphatic carbocycles. The van der Waals surface area contributed by atoms with Crippen molar-refractivity contribution in [2.45, 2.75) is 26.2 Å². The Balaban J connectivity index is 0.000000210. The van der Waals surface area contributed by atoms with Crippen LogP contribution in [0, 0.1) is 0 Å². The van der Waals surface area contributed by atoms with Crippen LogP contribution in [0.4, 0.5) is 97.8 Å². The summed E-state index contributed by atoms with van der Waals surface area (Å²) in [6.45, 7) is 3.00. The van der Waals surface area contributed by atoms with E-state index < -0.39 is 30.2 Å². The molecule has 0 fully saturated rings. The molecule has 0 aliphatic heterocycles. The zero-order valence-corrected chi connectivity index (χ0v) is 73.8. The fourth-order valence-electron chi connectivity index (χ4n) is 9.27. The minimum atomic E-state index is -0.660. The van der Waals surface area contributed by atoms with Crippen molar-refractivity contribution in [1.29, 1.82) is 0 Å². The van der Waals surface area contributed by atoms with E-state index in [2.05, 4.69) is 248 Å². The minimum Gasteiger partial charge on any atom is -0.395 e. The Hall–Kier alpha value is -20.5. The summed E-state index contributed by atoms with van der Waals surface area (Å²) < 4.78 is 0. The molecule has 65 nitrogen and oxygen atoms in total. The summed E-state index contributed by atoms with van der Waals surface area (Å²) in [6.07, 6.45) is 13.9. The number of aliphatic hydroxyl groups is 3. The van der Waals surface area contributed by atoms with Gasteiger partial charge in [0.1, 0.15) is 47.4 Å². The summed E-state index contributed by atoms with van der Waals surface area (Å²) in [5, 5.41) is 156. The molecule has 66 heteroatoms. The number of H-pyrrole nitrogens is 11. The Morgan fingerprint density at radius 3 is 1.05 bits per heavy atom. The summed E-state index contributed by atoms with van der Waals surface area (Å²) in [5.74, 6) is 2.62. The van der Waals surface area contributed by atoms with Crippen LogP contribution in [0.1, 0.15) is 44.5 Å². The van der Waals surface area contributed by atoms with Crippen LogP contribution < -0.4 is 97.0 Å². The number of aromatic nitrogens is 33. The molecule has 0 saturated carbocycles. The van der Waals surface area contributed by atoms with Crippen molar-refractivity contribution >= 4 is 164 Å². The number of aromatic amines is 11. The molecule has 18 amide bonds. The average Bonchev–Trinajstić information content (AvgIpc) is 1.64. The van der Waals surface area contributed by atoms with E-state index in [1.54, 1.807) is 66.7 Å². The highest BCUT2D eigenvalue weighted by molar-refractivity contribution is 7.12. The average molecular weight is 1950 g/mol. The lowest BCUT2D eigenvalue weighted by Gasteiger charge is -2.05. The van der Waals surface area contributed by atoms with Gasteiger partial charge in [-0.25, -0.2) is 54.0 Å². The van der Waals surface area contributed by atoms with Crippen LogP contribution in [-0.4, -0.2) is 296 Å². The van der Waals surface area contributed by atoms with Gasteiger partial charge >= 0.3 is 42.2 Å². The lowest BCUT2D eigenvalue weighted by Crippen LogP contribution is -2.31. The summed E-state index contributed by atoms with van der Waals surface area (Å²) in [6, 6.07) is 38.5. The van der Waals surface area contributed by atoms with Gasteiger partial charge in [0.15, 0.2) is 29.1 Å². The normalized spacial score (nSPS) is 9.69. The number of benzene rings is 5. The van der Waals surface area contributed by atoms with Crippen LogP contribution in [0.15, 0.2) is 201 Å². The van der Waals surface area contributed by atoms with E-state index in [1.165, 1.54) is 67.6 Å². The van der Waals surface area contributed by atoms with Gasteiger partial charge in [0.25, 0.3) is 11.8 Å². The number of aliphatic hydroxyl groups excluding tert-OH is 3. The first kappa shape index (κ1) is 107. The molecular formula is C74H91N51O14S. The fraction of sp³-hybridized carbons (Fsp3) is 0.149. The quantitative estimate of drug-likeness (QED) is 0.0385. The van der Waals surface area contributed by atoms with E-state index in [0.717, 1.165) is 28.6 Å². The van der Waals surface area contributed by atoms with Crippen LogP contribution in [-0.2, 0) is 22.4 Å². The highest BCUT2D eigenvalue weighted by Crippen LogP contribution is 2.17. The largest absolute Gasteiger partial charge is 0.395 e. The maximum absolute atomic E-state index is 11.5. The number of hydrogen-bond acceptors (Lipinski definition) is 37. The molecule has 0 unspecified atom stereocenters. The van der Waals surface area contributed by atoms with Crippen LogP contribution >= 0.6 is 11.3 Å². The van der Waals surface area contributed by atoms with Gasteiger partial charge in [-0.15, -0.1) is 36.8 Å². The molecule has 140 heavy (non-hydrogen) atoms. The van der Waals surface area contributed by atoms with Crippen molar-refractivity contribution in [3.05, 3.63) is 223 Å². The Kier molecular flexibility index (Phi) is 47.7. The Bertz CT molecular complexity index is 6010. The molecule has 0 saturated heterocycles. The SMILES string of the molecule is CCCNC(=O)Nc1ncn[nH]1.NC(=O)Nc1ccc2n[nH]nc2c1.NC(=O)Nc1cn[nH]n1.NC(=O)Nc1ncn[nH]1.O=C(Cc1ccccc1)Nc1cn[nH]n1.O=C(Cc1ccccc1)Nc1ncn[nH]1.O=C(NCCO)Nc1ccc2n[nH]nc2c1.O=C(NCCO)Nc1cn[nH]n1.O=C(NCCO)Nc1ncn[nH]1.O=C(Nc1cn[nH]n1)c1ccccc1.O=C(Nc1cn[nH]n1)c1cccs1. The third-order valence-electron chi connectivity index (χ3n) is 15.0. The third-order valence-corrected chi connectivity index (χ3v) is 15.9. The number of rotatable bonds is 25. The number of hydrogen-bond donors (Lipinski definition) is 32. The molecule has 12 heterocycles. The van der Waals surface area contributed by atoms with Crippen molar-refractivity contribution < 1.29 is 68.1 Å². The predicted octanol–water partition coefficient (Wildman–Crippen LogP) is 1.43. The molecule has 35 N–H and O–H groups in total. The maximum atomic E-state index is 11.5. The maximum Gasteiger partial charge on any atom is 0.321 e. The molecule has 5 aromatic carbocycles. The van der Waals surface area contributed by atoms with Gasteiger partial charge in [0, 0.05) is 43.1 Å². The topological polar surface area (TPSA) is 964 Å². The number of thiophene rings is 1. The highest BCUT2D eigenvalue weighted by atomic mass is 32.1. The Morgan fingerprint density at radius 1 is 0.321 bits per heavy atom. The molecular weight excluding hydrogens is 1860 g/mol. The second-order valence-electron chi connectivity index (χ2n) is 25.5.